The molecule has 0 aromatic heterocycles. The monoisotopic (exact) mass is 328 g/mol. The Hall–Kier alpha value is -2.69. The van der Waals surface area contributed by atoms with E-state index in [4.69, 9.17) is 9.47 Å². The number of nitrogens with zero attached hydrogens (tertiary/aromatic N) is 1. The van der Waals surface area contributed by atoms with Crippen molar-refractivity contribution in [3.05, 3.63) is 48.5 Å². The lowest BCUT2D eigenvalue weighted by Crippen LogP contribution is -2.13. The number of ether oxygens (including phenoxy) is 2. The van der Waals surface area contributed by atoms with Crippen LogP contribution in [0, 0.1) is 0 Å². The van der Waals surface area contributed by atoms with E-state index in [1.165, 1.54) is 0 Å². The van der Waals surface area contributed by atoms with Crippen LogP contribution >= 0.6 is 0 Å². The predicted octanol–water partition coefficient (Wildman–Crippen LogP) is 3.56. The predicted molar refractivity (Wildman–Crippen MR) is 97.1 cm³/mol. The molecule has 128 valence electrons. The molecule has 0 spiro atoms. The van der Waals surface area contributed by atoms with Crippen LogP contribution < -0.4 is 19.7 Å². The molecule has 2 aromatic rings. The Balaban J connectivity index is 1.73. The second-order valence-corrected chi connectivity index (χ2v) is 5.59. The average molecular weight is 328 g/mol. The summed E-state index contributed by atoms with van der Waals surface area (Å²) in [6, 6.07) is 15.2. The smallest absolute Gasteiger partial charge is 0.224 e. The van der Waals surface area contributed by atoms with Gasteiger partial charge in [0.1, 0.15) is 0 Å². The van der Waals surface area contributed by atoms with E-state index in [1.54, 1.807) is 7.11 Å². The van der Waals surface area contributed by atoms with Crippen LogP contribution in [0.5, 0.6) is 11.5 Å². The molecule has 1 N–H and O–H groups in total. The van der Waals surface area contributed by atoms with Crippen LogP contribution in [0.3, 0.4) is 0 Å². The van der Waals surface area contributed by atoms with Crippen LogP contribution in [0.2, 0.25) is 0 Å². The highest BCUT2D eigenvalue weighted by atomic mass is 16.5. The van der Waals surface area contributed by atoms with Gasteiger partial charge in [0.25, 0.3) is 0 Å². The molecule has 24 heavy (non-hydrogen) atoms. The van der Waals surface area contributed by atoms with E-state index >= 15 is 0 Å². The normalized spacial score (nSPS) is 10.1. The van der Waals surface area contributed by atoms with Crippen molar-refractivity contribution in [3.8, 4) is 11.5 Å². The Bertz CT molecular complexity index is 654. The molecule has 0 saturated heterocycles. The molecule has 0 aliphatic heterocycles. The summed E-state index contributed by atoms with van der Waals surface area (Å²) < 4.78 is 10.9. The lowest BCUT2D eigenvalue weighted by molar-refractivity contribution is -0.116. The van der Waals surface area contributed by atoms with E-state index in [-0.39, 0.29) is 5.91 Å². The molecule has 0 radical (unpaired) electrons. The first-order valence-corrected chi connectivity index (χ1v) is 7.93. The number of para-hydroxylation sites is 2. The van der Waals surface area contributed by atoms with Gasteiger partial charge < -0.3 is 19.7 Å². The van der Waals surface area contributed by atoms with Crippen molar-refractivity contribution in [1.82, 2.24) is 0 Å². The fourth-order valence-electron chi connectivity index (χ4n) is 2.22. The minimum absolute atomic E-state index is 0.0174. The molecular weight excluding hydrogens is 304 g/mol. The van der Waals surface area contributed by atoms with Gasteiger partial charge in [0, 0.05) is 31.9 Å². The SMILES string of the molecule is COc1ccccc1OCCCC(=O)Nc1ccc(N(C)C)cc1. The largest absolute Gasteiger partial charge is 0.493 e. The number of nitrogens with one attached hydrogen (secondary N) is 1. The Kier molecular flexibility index (Phi) is 6.49. The van der Waals surface area contributed by atoms with Crippen LogP contribution in [0.15, 0.2) is 48.5 Å². The minimum Gasteiger partial charge on any atom is -0.493 e. The third-order valence-corrected chi connectivity index (χ3v) is 3.54. The third kappa shape index (κ3) is 5.19. The maximum atomic E-state index is 12.0. The summed E-state index contributed by atoms with van der Waals surface area (Å²) in [6.45, 7) is 0.466. The average Bonchev–Trinajstić information content (AvgIpc) is 2.59. The standard InChI is InChI=1S/C19H24N2O3/c1-21(2)16-12-10-15(11-13-16)20-19(22)9-6-14-24-18-8-5-4-7-17(18)23-3/h4-5,7-8,10-13H,6,9,14H2,1-3H3,(H,20,22). The van der Waals surface area contributed by atoms with Crippen molar-refractivity contribution >= 4 is 17.3 Å². The van der Waals surface area contributed by atoms with Crippen molar-refractivity contribution in [3.63, 3.8) is 0 Å². The first-order valence-electron chi connectivity index (χ1n) is 7.93. The molecule has 5 nitrogen and oxygen atoms in total. The zero-order valence-corrected chi connectivity index (χ0v) is 14.4. The molecule has 0 atom stereocenters. The van der Waals surface area contributed by atoms with E-state index in [2.05, 4.69) is 5.32 Å². The number of carbonyl (C=O) groups excluding carboxylic acids is 1. The fourth-order valence-corrected chi connectivity index (χ4v) is 2.22. The minimum atomic E-state index is -0.0174. The van der Waals surface area contributed by atoms with Crippen LogP contribution in [0.1, 0.15) is 12.8 Å². The molecule has 0 heterocycles. The van der Waals surface area contributed by atoms with Gasteiger partial charge in [0.2, 0.25) is 5.91 Å². The van der Waals surface area contributed by atoms with E-state index in [0.29, 0.717) is 30.9 Å². The Morgan fingerprint density at radius 2 is 1.71 bits per heavy atom. The third-order valence-electron chi connectivity index (χ3n) is 3.54. The fraction of sp³-hybridized carbons (Fsp3) is 0.316. The first-order chi connectivity index (χ1) is 11.6. The zero-order valence-electron chi connectivity index (χ0n) is 14.4. The number of carbonyl (C=O) groups is 1. The second kappa shape index (κ2) is 8.82. The van der Waals surface area contributed by atoms with Crippen molar-refractivity contribution in [2.24, 2.45) is 0 Å². The molecule has 0 unspecified atom stereocenters. The quantitative estimate of drug-likeness (QED) is 0.753. The molecular formula is C19H24N2O3. The summed E-state index contributed by atoms with van der Waals surface area (Å²) in [6.07, 6.45) is 1.05. The molecule has 0 aliphatic rings. The number of anilines is 2. The highest BCUT2D eigenvalue weighted by Gasteiger charge is 2.05. The lowest BCUT2D eigenvalue weighted by atomic mass is 10.2. The lowest BCUT2D eigenvalue weighted by Gasteiger charge is -2.13. The number of methoxy groups -OCH3 is 1. The Morgan fingerprint density at radius 1 is 1.04 bits per heavy atom. The maximum Gasteiger partial charge on any atom is 0.224 e. The molecule has 5 heteroatoms. The van der Waals surface area contributed by atoms with Crippen LogP contribution in [-0.2, 0) is 4.79 Å². The number of hydrogen-bond acceptors (Lipinski definition) is 4. The van der Waals surface area contributed by atoms with Crippen molar-refractivity contribution in [2.45, 2.75) is 12.8 Å². The first kappa shape index (κ1) is 17.7. The summed E-state index contributed by atoms with van der Waals surface area (Å²) in [5.41, 5.74) is 1.90. The number of amides is 1. The van der Waals surface area contributed by atoms with Gasteiger partial charge in [-0.25, -0.2) is 0 Å². The van der Waals surface area contributed by atoms with Crippen LogP contribution in [0.25, 0.3) is 0 Å². The van der Waals surface area contributed by atoms with E-state index in [9.17, 15) is 4.79 Å². The molecule has 2 rings (SSSR count). The topological polar surface area (TPSA) is 50.8 Å². The zero-order chi connectivity index (χ0) is 17.4. The summed E-state index contributed by atoms with van der Waals surface area (Å²) >= 11 is 0. The van der Waals surface area contributed by atoms with E-state index in [0.717, 1.165) is 11.4 Å². The van der Waals surface area contributed by atoms with Crippen molar-refractivity contribution in [2.75, 3.05) is 38.0 Å². The molecule has 0 saturated carbocycles. The van der Waals surface area contributed by atoms with Gasteiger partial charge in [-0.3, -0.25) is 4.79 Å². The summed E-state index contributed by atoms with van der Waals surface area (Å²) in [4.78, 5) is 14.0. The molecule has 2 aromatic carbocycles. The second-order valence-electron chi connectivity index (χ2n) is 5.59. The summed E-state index contributed by atoms with van der Waals surface area (Å²) in [7, 11) is 5.57. The summed E-state index contributed by atoms with van der Waals surface area (Å²) in [5, 5.41) is 2.89. The molecule has 0 fully saturated rings. The number of benzene rings is 2. The van der Waals surface area contributed by atoms with Crippen molar-refractivity contribution < 1.29 is 14.3 Å². The van der Waals surface area contributed by atoms with E-state index in [1.807, 2.05) is 67.5 Å². The molecule has 0 bridgehead atoms. The molecule has 1 amide bonds. The Labute approximate surface area is 143 Å². The number of hydrogen-bond donors (Lipinski definition) is 1. The van der Waals surface area contributed by atoms with Gasteiger partial charge in [-0.1, -0.05) is 12.1 Å². The maximum absolute atomic E-state index is 12.0. The van der Waals surface area contributed by atoms with Crippen LogP contribution in [0.4, 0.5) is 11.4 Å². The van der Waals surface area contributed by atoms with Gasteiger partial charge >= 0.3 is 0 Å². The highest BCUT2D eigenvalue weighted by molar-refractivity contribution is 5.90. The van der Waals surface area contributed by atoms with Gasteiger partial charge in [-0.05, 0) is 42.8 Å². The highest BCUT2D eigenvalue weighted by Crippen LogP contribution is 2.25. The van der Waals surface area contributed by atoms with E-state index < -0.39 is 0 Å². The van der Waals surface area contributed by atoms with Gasteiger partial charge in [-0.2, -0.15) is 0 Å². The van der Waals surface area contributed by atoms with Gasteiger partial charge in [0.15, 0.2) is 11.5 Å². The van der Waals surface area contributed by atoms with Gasteiger partial charge in [-0.15, -0.1) is 0 Å². The van der Waals surface area contributed by atoms with Gasteiger partial charge in [0.05, 0.1) is 13.7 Å². The Morgan fingerprint density at radius 3 is 2.33 bits per heavy atom. The van der Waals surface area contributed by atoms with Crippen LogP contribution in [-0.4, -0.2) is 33.7 Å². The van der Waals surface area contributed by atoms with Crippen molar-refractivity contribution in [1.29, 1.82) is 0 Å². The number of rotatable bonds is 8. The summed E-state index contributed by atoms with van der Waals surface area (Å²) in [5.74, 6) is 1.37. The molecule has 0 aliphatic carbocycles.